The van der Waals surface area contributed by atoms with Crippen molar-refractivity contribution in [2.75, 3.05) is 42.9 Å². The van der Waals surface area contributed by atoms with Crippen LogP contribution in [0.4, 0.5) is 11.5 Å². The molecule has 1 aliphatic rings. The Kier molecular flexibility index (Phi) is 9.39. The second-order valence-electron chi connectivity index (χ2n) is 8.83. The van der Waals surface area contributed by atoms with Crippen LogP contribution >= 0.6 is 0 Å². The summed E-state index contributed by atoms with van der Waals surface area (Å²) < 4.78 is 0. The Morgan fingerprint density at radius 3 is 2.47 bits per heavy atom. The fourth-order valence-electron chi connectivity index (χ4n) is 3.30. The third-order valence-corrected chi connectivity index (χ3v) is 5.00. The maximum atomic E-state index is 12.7. The zero-order valence-corrected chi connectivity index (χ0v) is 21.4. The van der Waals surface area contributed by atoms with Crippen molar-refractivity contribution in [3.63, 3.8) is 0 Å². The molecule has 1 fully saturated rings. The minimum atomic E-state index is 0. The number of nitrogens with zero attached hydrogens (tertiary/aromatic N) is 4. The van der Waals surface area contributed by atoms with E-state index in [2.05, 4.69) is 46.3 Å². The molecule has 7 heteroatoms. The number of anilines is 2. The van der Waals surface area contributed by atoms with E-state index >= 15 is 0 Å². The maximum Gasteiger partial charge on any atom is 0.163 e. The summed E-state index contributed by atoms with van der Waals surface area (Å²) >= 11 is 0. The second-order valence-corrected chi connectivity index (χ2v) is 8.83. The van der Waals surface area contributed by atoms with Crippen LogP contribution in [0, 0.1) is 12.3 Å². The zero-order chi connectivity index (χ0) is 20.9. The van der Waals surface area contributed by atoms with E-state index in [0.29, 0.717) is 12.8 Å². The van der Waals surface area contributed by atoms with Crippen LogP contribution in [0.25, 0.3) is 5.32 Å². The molecule has 159 valence electrons. The van der Waals surface area contributed by atoms with Crippen molar-refractivity contribution in [1.29, 1.82) is 0 Å². The van der Waals surface area contributed by atoms with E-state index in [4.69, 9.17) is 0 Å². The molecule has 2 heterocycles. The molecule has 1 saturated heterocycles. The van der Waals surface area contributed by atoms with Gasteiger partial charge in [-0.1, -0.05) is 20.8 Å². The predicted molar refractivity (Wildman–Crippen MR) is 119 cm³/mol. The molecule has 0 atom stereocenters. The van der Waals surface area contributed by atoms with Gasteiger partial charge in [-0.05, 0) is 56.1 Å². The summed E-state index contributed by atoms with van der Waals surface area (Å²) in [6.45, 7) is 12.9. The molecule has 2 aromatic rings. The standard InChI is InChI=1S/C23H32N5O.Y/c1-17-25-15-19(22(27-17)26-16-23(2,3)4)7-10-21(29)18-5-8-20(9-6-18)28-13-11-24-12-14-28;/h5-6,8-9,15H,7,10-14,16H2,1-4H3,(H,25,26,27);/q-1;. The molecule has 1 aromatic heterocycles. The van der Waals surface area contributed by atoms with Crippen LogP contribution in [0.15, 0.2) is 30.5 Å². The number of aromatic nitrogens is 2. The molecule has 0 spiro atoms. The fraction of sp³-hybridized carbons (Fsp3) is 0.522. The monoisotopic (exact) mass is 483 g/mol. The molecule has 0 saturated carbocycles. The molecule has 1 aromatic carbocycles. The molecule has 1 aliphatic heterocycles. The average Bonchev–Trinajstić information content (AvgIpc) is 2.71. The topological polar surface area (TPSA) is 72.2 Å². The van der Waals surface area contributed by atoms with Gasteiger partial charge in [0, 0.05) is 68.7 Å². The molecular weight excluding hydrogens is 451 g/mol. The molecule has 0 aliphatic carbocycles. The third-order valence-electron chi connectivity index (χ3n) is 5.00. The van der Waals surface area contributed by atoms with Gasteiger partial charge < -0.3 is 15.5 Å². The van der Waals surface area contributed by atoms with Crippen molar-refractivity contribution in [2.45, 2.75) is 40.5 Å². The molecule has 1 N–H and O–H groups in total. The second kappa shape index (κ2) is 11.3. The molecule has 0 amide bonds. The van der Waals surface area contributed by atoms with Gasteiger partial charge in [0.15, 0.2) is 5.78 Å². The van der Waals surface area contributed by atoms with Crippen LogP contribution in [0.5, 0.6) is 0 Å². The Balaban J connectivity index is 0.00000320. The minimum Gasteiger partial charge on any atom is -0.659 e. The van der Waals surface area contributed by atoms with E-state index < -0.39 is 0 Å². The summed E-state index contributed by atoms with van der Waals surface area (Å²) in [4.78, 5) is 23.9. The van der Waals surface area contributed by atoms with E-state index in [1.54, 1.807) is 0 Å². The predicted octanol–water partition coefficient (Wildman–Crippen LogP) is 4.25. The molecule has 0 unspecified atom stereocenters. The van der Waals surface area contributed by atoms with Crippen molar-refractivity contribution < 1.29 is 37.5 Å². The van der Waals surface area contributed by atoms with Crippen LogP contribution in [-0.2, 0) is 39.1 Å². The van der Waals surface area contributed by atoms with E-state index in [1.807, 2.05) is 37.4 Å². The van der Waals surface area contributed by atoms with Crippen LogP contribution in [0.1, 0.15) is 48.9 Å². The molecule has 0 bridgehead atoms. The minimum absolute atomic E-state index is 0. The zero-order valence-electron chi connectivity index (χ0n) is 18.6. The van der Waals surface area contributed by atoms with E-state index in [0.717, 1.165) is 61.2 Å². The Morgan fingerprint density at radius 1 is 1.17 bits per heavy atom. The summed E-state index contributed by atoms with van der Waals surface area (Å²) in [5.74, 6) is 1.72. The van der Waals surface area contributed by atoms with Gasteiger partial charge >= 0.3 is 0 Å². The number of aryl methyl sites for hydroxylation is 2. The van der Waals surface area contributed by atoms with Gasteiger partial charge in [-0.2, -0.15) is 0 Å². The summed E-state index contributed by atoms with van der Waals surface area (Å²) in [5, 5.41) is 7.81. The van der Waals surface area contributed by atoms with Crippen LogP contribution < -0.4 is 10.2 Å². The number of ketones is 1. The van der Waals surface area contributed by atoms with Crippen molar-refractivity contribution in [1.82, 2.24) is 9.97 Å². The Bertz CT molecular complexity index is 826. The number of carbonyl (C=O) groups excluding carboxylic acids is 1. The normalized spacial score (nSPS) is 14.2. The summed E-state index contributed by atoms with van der Waals surface area (Å²) in [5.41, 5.74) is 3.06. The van der Waals surface area contributed by atoms with Gasteiger partial charge in [-0.15, -0.1) is 13.1 Å². The number of hydrogen-bond donors (Lipinski definition) is 1. The summed E-state index contributed by atoms with van der Waals surface area (Å²) in [7, 11) is 0. The summed E-state index contributed by atoms with van der Waals surface area (Å²) in [6.07, 6.45) is 2.91. The van der Waals surface area contributed by atoms with Crippen molar-refractivity contribution in [2.24, 2.45) is 5.41 Å². The number of nitrogens with one attached hydrogen (secondary N) is 1. The Morgan fingerprint density at radius 2 is 1.83 bits per heavy atom. The van der Waals surface area contributed by atoms with Crippen LogP contribution in [-0.4, -0.2) is 48.5 Å². The largest absolute Gasteiger partial charge is 0.659 e. The van der Waals surface area contributed by atoms with Crippen molar-refractivity contribution >= 4 is 17.3 Å². The van der Waals surface area contributed by atoms with Crippen LogP contribution in [0.3, 0.4) is 0 Å². The average molecular weight is 483 g/mol. The van der Waals surface area contributed by atoms with E-state index in [1.165, 1.54) is 0 Å². The maximum absolute atomic E-state index is 12.7. The molecule has 6 nitrogen and oxygen atoms in total. The number of Topliss-reactive ketones (excluding diaryl/α,β-unsaturated/α-hetero) is 1. The molecular formula is C23H32N5OY-. The number of hydrogen-bond acceptors (Lipinski definition) is 5. The third kappa shape index (κ3) is 7.40. The van der Waals surface area contributed by atoms with Gasteiger partial charge in [-0.25, -0.2) is 9.97 Å². The fourth-order valence-corrected chi connectivity index (χ4v) is 3.30. The molecule has 3 rings (SSSR count). The first-order valence-corrected chi connectivity index (χ1v) is 10.4. The number of rotatable bonds is 7. The first-order valence-electron chi connectivity index (χ1n) is 10.4. The number of benzene rings is 1. The van der Waals surface area contributed by atoms with Gasteiger partial charge in [0.1, 0.15) is 11.6 Å². The van der Waals surface area contributed by atoms with Gasteiger partial charge in [0.25, 0.3) is 0 Å². The van der Waals surface area contributed by atoms with Gasteiger partial charge in [0.2, 0.25) is 0 Å². The Hall–Kier alpha value is -1.37. The van der Waals surface area contributed by atoms with Crippen molar-refractivity contribution in [3.05, 3.63) is 52.7 Å². The van der Waals surface area contributed by atoms with E-state index in [9.17, 15) is 4.79 Å². The Labute approximate surface area is 205 Å². The molecule has 1 radical (unpaired) electrons. The van der Waals surface area contributed by atoms with Crippen molar-refractivity contribution in [3.8, 4) is 0 Å². The number of piperazine rings is 1. The van der Waals surface area contributed by atoms with Gasteiger partial charge in [-0.3, -0.25) is 4.79 Å². The first-order chi connectivity index (χ1) is 13.8. The number of carbonyl (C=O) groups is 1. The smallest absolute Gasteiger partial charge is 0.163 e. The molecule has 30 heavy (non-hydrogen) atoms. The summed E-state index contributed by atoms with van der Waals surface area (Å²) in [6, 6.07) is 7.97. The quantitative estimate of drug-likeness (QED) is 0.597. The van der Waals surface area contributed by atoms with Gasteiger partial charge in [0.05, 0.1) is 0 Å². The van der Waals surface area contributed by atoms with Crippen LogP contribution in [0.2, 0.25) is 0 Å². The SMILES string of the molecule is Cc1ncc(CCC(=O)c2ccc(N3CC[N-]CC3)cc2)c(NCC(C)(C)C)n1.[Y]. The van der Waals surface area contributed by atoms with E-state index in [-0.39, 0.29) is 43.9 Å². The first kappa shape index (κ1) is 24.9.